The van der Waals surface area contributed by atoms with Crippen molar-refractivity contribution < 1.29 is 14.5 Å². The van der Waals surface area contributed by atoms with Crippen molar-refractivity contribution >= 4 is 29.3 Å². The Labute approximate surface area is 183 Å². The first-order valence-electron chi connectivity index (χ1n) is 9.12. The number of nitrogens with zero attached hydrogens (tertiary/aromatic N) is 2. The van der Waals surface area contributed by atoms with Gasteiger partial charge in [0.25, 0.3) is 5.91 Å². The minimum Gasteiger partial charge on any atom is -0.449 e. The number of carbonyl (C=O) groups is 1. The molecular formula is C23H16ClN3O4. The first-order chi connectivity index (χ1) is 15.0. The number of nitrogens with one attached hydrogen (secondary N) is 1. The van der Waals surface area contributed by atoms with Gasteiger partial charge in [0, 0.05) is 12.6 Å². The second-order valence-electron chi connectivity index (χ2n) is 6.35. The molecule has 0 atom stereocenters. The summed E-state index contributed by atoms with van der Waals surface area (Å²) in [5.74, 6) is -0.318. The van der Waals surface area contributed by atoms with Gasteiger partial charge in [-0.15, -0.1) is 0 Å². The maximum absolute atomic E-state index is 12.3. The highest BCUT2D eigenvalue weighted by molar-refractivity contribution is 6.32. The summed E-state index contributed by atoms with van der Waals surface area (Å²) in [5.41, 5.74) is 0.690. The SMILES string of the molecule is N#C/C(=C/c1ccc(Oc2ccccc2Cl)c([N+](=O)[O-])c1)C(=O)NCc1ccccc1. The summed E-state index contributed by atoms with van der Waals surface area (Å²) in [6, 6.07) is 21.8. The summed E-state index contributed by atoms with van der Waals surface area (Å²) in [6.07, 6.45) is 1.28. The van der Waals surface area contributed by atoms with E-state index in [1.54, 1.807) is 24.3 Å². The van der Waals surface area contributed by atoms with Gasteiger partial charge in [-0.25, -0.2) is 0 Å². The largest absolute Gasteiger partial charge is 0.449 e. The molecule has 3 rings (SSSR count). The van der Waals surface area contributed by atoms with E-state index >= 15 is 0 Å². The van der Waals surface area contributed by atoms with Crippen LogP contribution in [0.25, 0.3) is 6.08 Å². The highest BCUT2D eigenvalue weighted by atomic mass is 35.5. The van der Waals surface area contributed by atoms with Gasteiger partial charge < -0.3 is 10.1 Å². The van der Waals surface area contributed by atoms with Gasteiger partial charge in [-0.2, -0.15) is 5.26 Å². The van der Waals surface area contributed by atoms with Crippen LogP contribution in [-0.2, 0) is 11.3 Å². The Morgan fingerprint density at radius 1 is 1.10 bits per heavy atom. The number of ether oxygens (including phenoxy) is 1. The molecule has 1 amide bonds. The Morgan fingerprint density at radius 2 is 1.81 bits per heavy atom. The third kappa shape index (κ3) is 5.69. The summed E-state index contributed by atoms with van der Waals surface area (Å²) >= 11 is 6.05. The van der Waals surface area contributed by atoms with Crippen LogP contribution in [0.5, 0.6) is 11.5 Å². The molecule has 8 heteroatoms. The number of amides is 1. The molecule has 0 aliphatic rings. The van der Waals surface area contributed by atoms with Crippen LogP contribution in [0.4, 0.5) is 5.69 Å². The van der Waals surface area contributed by atoms with Crippen LogP contribution in [-0.4, -0.2) is 10.8 Å². The Morgan fingerprint density at radius 3 is 2.48 bits per heavy atom. The zero-order valence-electron chi connectivity index (χ0n) is 16.1. The molecule has 0 spiro atoms. The van der Waals surface area contributed by atoms with E-state index < -0.39 is 10.8 Å². The molecule has 0 heterocycles. The Bertz CT molecular complexity index is 1190. The number of nitro groups is 1. The van der Waals surface area contributed by atoms with Gasteiger partial charge in [0.2, 0.25) is 5.75 Å². The Hall–Kier alpha value is -4.15. The summed E-state index contributed by atoms with van der Waals surface area (Å²) in [7, 11) is 0. The fourth-order valence-electron chi connectivity index (χ4n) is 2.69. The van der Waals surface area contributed by atoms with Crippen molar-refractivity contribution in [1.82, 2.24) is 5.32 Å². The second-order valence-corrected chi connectivity index (χ2v) is 6.76. The van der Waals surface area contributed by atoms with Crippen LogP contribution >= 0.6 is 11.6 Å². The first kappa shape index (κ1) is 21.6. The normalized spacial score (nSPS) is 10.8. The molecule has 0 aliphatic carbocycles. The van der Waals surface area contributed by atoms with E-state index in [1.807, 2.05) is 36.4 Å². The van der Waals surface area contributed by atoms with Crippen molar-refractivity contribution in [2.45, 2.75) is 6.54 Å². The average molecular weight is 434 g/mol. The number of hydrogen-bond acceptors (Lipinski definition) is 5. The second kappa shape index (κ2) is 10.1. The average Bonchev–Trinajstić information content (AvgIpc) is 2.78. The van der Waals surface area contributed by atoms with Crippen LogP contribution in [0.3, 0.4) is 0 Å². The zero-order chi connectivity index (χ0) is 22.2. The lowest BCUT2D eigenvalue weighted by Crippen LogP contribution is -2.23. The third-order valence-electron chi connectivity index (χ3n) is 4.21. The Kier molecular flexibility index (Phi) is 6.99. The van der Waals surface area contributed by atoms with Crippen molar-refractivity contribution in [2.75, 3.05) is 0 Å². The molecule has 7 nitrogen and oxygen atoms in total. The first-order valence-corrected chi connectivity index (χ1v) is 9.50. The van der Waals surface area contributed by atoms with E-state index in [0.717, 1.165) is 5.56 Å². The van der Waals surface area contributed by atoms with E-state index in [1.165, 1.54) is 24.3 Å². The van der Waals surface area contributed by atoms with Crippen LogP contribution in [0.2, 0.25) is 5.02 Å². The van der Waals surface area contributed by atoms with Crippen LogP contribution in [0, 0.1) is 21.4 Å². The summed E-state index contributed by atoms with van der Waals surface area (Å²) in [5, 5.41) is 23.8. The van der Waals surface area contributed by atoms with Crippen molar-refractivity contribution in [3.05, 3.63) is 105 Å². The number of halogens is 1. The molecule has 0 fully saturated rings. The quantitative estimate of drug-likeness (QED) is 0.236. The Balaban J connectivity index is 1.82. The topological polar surface area (TPSA) is 105 Å². The molecular weight excluding hydrogens is 418 g/mol. The zero-order valence-corrected chi connectivity index (χ0v) is 16.9. The van der Waals surface area contributed by atoms with Crippen LogP contribution in [0.1, 0.15) is 11.1 Å². The lowest BCUT2D eigenvalue weighted by atomic mass is 10.1. The highest BCUT2D eigenvalue weighted by Gasteiger charge is 2.18. The van der Waals surface area contributed by atoms with Gasteiger partial charge in [0.05, 0.1) is 9.95 Å². The van der Waals surface area contributed by atoms with E-state index in [9.17, 15) is 20.2 Å². The van der Waals surface area contributed by atoms with Gasteiger partial charge in [0.15, 0.2) is 0 Å². The highest BCUT2D eigenvalue weighted by Crippen LogP contribution is 2.35. The minimum absolute atomic E-state index is 0.0118. The van der Waals surface area contributed by atoms with Crippen molar-refractivity contribution in [2.24, 2.45) is 0 Å². The molecule has 3 aromatic rings. The minimum atomic E-state index is -0.606. The van der Waals surface area contributed by atoms with E-state index in [4.69, 9.17) is 16.3 Å². The number of benzene rings is 3. The lowest BCUT2D eigenvalue weighted by Gasteiger charge is -2.08. The molecule has 3 aromatic carbocycles. The molecule has 31 heavy (non-hydrogen) atoms. The molecule has 0 saturated heterocycles. The fourth-order valence-corrected chi connectivity index (χ4v) is 2.86. The molecule has 0 aliphatic heterocycles. The summed E-state index contributed by atoms with van der Waals surface area (Å²) < 4.78 is 5.58. The van der Waals surface area contributed by atoms with E-state index in [0.29, 0.717) is 10.6 Å². The van der Waals surface area contributed by atoms with Gasteiger partial charge in [0.1, 0.15) is 17.4 Å². The lowest BCUT2D eigenvalue weighted by molar-refractivity contribution is -0.385. The number of nitro benzene ring substituents is 1. The van der Waals surface area contributed by atoms with Gasteiger partial charge in [-0.1, -0.05) is 60.1 Å². The number of hydrogen-bond donors (Lipinski definition) is 1. The van der Waals surface area contributed by atoms with Gasteiger partial charge in [-0.05, 0) is 35.4 Å². The summed E-state index contributed by atoms with van der Waals surface area (Å²) in [6.45, 7) is 0.253. The standard InChI is InChI=1S/C23H16ClN3O4/c24-19-8-4-5-9-21(19)31-22-11-10-17(13-20(22)27(29)30)12-18(14-25)23(28)26-15-16-6-2-1-3-7-16/h1-13H,15H2,(H,26,28)/b18-12-. The number of nitriles is 1. The van der Waals surface area contributed by atoms with E-state index in [2.05, 4.69) is 5.32 Å². The van der Waals surface area contributed by atoms with E-state index in [-0.39, 0.29) is 29.3 Å². The van der Waals surface area contributed by atoms with Crippen molar-refractivity contribution in [3.8, 4) is 17.6 Å². The smallest absolute Gasteiger partial charge is 0.312 e. The molecule has 1 N–H and O–H groups in total. The molecule has 0 aromatic heterocycles. The summed E-state index contributed by atoms with van der Waals surface area (Å²) in [4.78, 5) is 23.3. The molecule has 154 valence electrons. The maximum Gasteiger partial charge on any atom is 0.312 e. The fraction of sp³-hybridized carbons (Fsp3) is 0.0435. The number of para-hydroxylation sites is 1. The van der Waals surface area contributed by atoms with Gasteiger partial charge >= 0.3 is 5.69 Å². The monoisotopic (exact) mass is 433 g/mol. The molecule has 0 unspecified atom stereocenters. The van der Waals surface area contributed by atoms with Crippen LogP contribution < -0.4 is 10.1 Å². The number of rotatable bonds is 7. The van der Waals surface area contributed by atoms with Crippen molar-refractivity contribution in [1.29, 1.82) is 5.26 Å². The number of carbonyl (C=O) groups excluding carboxylic acids is 1. The molecule has 0 radical (unpaired) electrons. The maximum atomic E-state index is 12.3. The van der Waals surface area contributed by atoms with Gasteiger partial charge in [-0.3, -0.25) is 14.9 Å². The molecule has 0 bridgehead atoms. The predicted octanol–water partition coefficient (Wildman–Crippen LogP) is 5.26. The molecule has 0 saturated carbocycles. The third-order valence-corrected chi connectivity index (χ3v) is 4.52. The predicted molar refractivity (Wildman–Crippen MR) is 117 cm³/mol. The van der Waals surface area contributed by atoms with Crippen LogP contribution in [0.15, 0.2) is 78.4 Å². The van der Waals surface area contributed by atoms with Crippen molar-refractivity contribution in [3.63, 3.8) is 0 Å².